The van der Waals surface area contributed by atoms with Gasteiger partial charge in [-0.3, -0.25) is 0 Å². The zero-order valence-corrected chi connectivity index (χ0v) is 11.0. The zero-order valence-electron chi connectivity index (χ0n) is 11.0. The summed E-state index contributed by atoms with van der Waals surface area (Å²) in [5.74, 6) is -2.74. The van der Waals surface area contributed by atoms with E-state index in [1.54, 1.807) is 13.8 Å². The summed E-state index contributed by atoms with van der Waals surface area (Å²) in [7, 11) is 0. The first-order valence-electron chi connectivity index (χ1n) is 5.72. The smallest absolute Gasteiger partial charge is 0.425 e. The van der Waals surface area contributed by atoms with Crippen LogP contribution in [0.5, 0.6) is 5.88 Å². The second-order valence-electron chi connectivity index (χ2n) is 4.24. The van der Waals surface area contributed by atoms with E-state index < -0.39 is 36.2 Å². The van der Waals surface area contributed by atoms with E-state index in [-0.39, 0.29) is 5.56 Å². The predicted octanol–water partition coefficient (Wildman–Crippen LogP) is 3.12. The number of hydrogen-bond donors (Lipinski definition) is 0. The topological polar surface area (TPSA) is 48.4 Å². The van der Waals surface area contributed by atoms with Crippen molar-refractivity contribution in [2.75, 3.05) is 0 Å². The normalized spacial score (nSPS) is 13.2. The van der Waals surface area contributed by atoms with Crippen LogP contribution in [0.2, 0.25) is 0 Å². The molecule has 1 heterocycles. The van der Waals surface area contributed by atoms with Gasteiger partial charge in [-0.25, -0.2) is 4.79 Å². The van der Waals surface area contributed by atoms with Crippen molar-refractivity contribution in [3.05, 3.63) is 23.6 Å². The van der Waals surface area contributed by atoms with Crippen LogP contribution in [0.1, 0.15) is 31.1 Å². The van der Waals surface area contributed by atoms with Gasteiger partial charge in [-0.15, -0.1) is 0 Å². The number of rotatable bonds is 4. The highest BCUT2D eigenvalue weighted by Crippen LogP contribution is 2.26. The number of halogens is 4. The summed E-state index contributed by atoms with van der Waals surface area (Å²) in [6.45, 7) is 3.85. The minimum Gasteiger partial charge on any atom is -0.464 e. The fourth-order valence-corrected chi connectivity index (χ4v) is 1.17. The van der Waals surface area contributed by atoms with Gasteiger partial charge < -0.3 is 9.47 Å². The molecule has 0 spiro atoms. The summed E-state index contributed by atoms with van der Waals surface area (Å²) in [5, 5.41) is 0. The van der Waals surface area contributed by atoms with E-state index in [2.05, 4.69) is 9.72 Å². The molecule has 20 heavy (non-hydrogen) atoms. The van der Waals surface area contributed by atoms with E-state index in [1.807, 2.05) is 0 Å². The average Bonchev–Trinajstić information content (AvgIpc) is 2.26. The molecule has 0 fully saturated rings. The maximum atomic E-state index is 13.0. The standard InChI is InChI=1S/C12H13F4NO3/c1-6(2)19-11(18)8-4-5-9(13)17-10(8)20-7(3)12(14,15)16/h4-7H,1-3H3. The first kappa shape index (κ1) is 16.2. The number of esters is 1. The van der Waals surface area contributed by atoms with E-state index in [4.69, 9.17) is 4.74 Å². The quantitative estimate of drug-likeness (QED) is 0.486. The minimum absolute atomic E-state index is 0.365. The molecule has 1 atom stereocenters. The number of aromatic nitrogens is 1. The number of pyridine rings is 1. The van der Waals surface area contributed by atoms with Gasteiger partial charge in [-0.05, 0) is 32.9 Å². The van der Waals surface area contributed by atoms with Gasteiger partial charge >= 0.3 is 12.1 Å². The molecule has 0 aliphatic carbocycles. The highest BCUT2D eigenvalue weighted by Gasteiger charge is 2.39. The fraction of sp³-hybridized carbons (Fsp3) is 0.500. The molecule has 0 aromatic carbocycles. The molecule has 0 bridgehead atoms. The van der Waals surface area contributed by atoms with Crippen LogP contribution in [-0.4, -0.2) is 29.3 Å². The van der Waals surface area contributed by atoms with Crippen molar-refractivity contribution in [1.82, 2.24) is 4.98 Å². The Morgan fingerprint density at radius 2 is 1.85 bits per heavy atom. The molecule has 0 saturated carbocycles. The van der Waals surface area contributed by atoms with Crippen LogP contribution >= 0.6 is 0 Å². The third-order valence-electron chi connectivity index (χ3n) is 2.14. The third kappa shape index (κ3) is 4.36. The predicted molar refractivity (Wildman–Crippen MR) is 60.9 cm³/mol. The van der Waals surface area contributed by atoms with Gasteiger partial charge in [0.25, 0.3) is 0 Å². The number of nitrogens with zero attached hydrogens (tertiary/aromatic N) is 1. The van der Waals surface area contributed by atoms with Crippen LogP contribution in [0.4, 0.5) is 17.6 Å². The van der Waals surface area contributed by atoms with Crippen molar-refractivity contribution in [1.29, 1.82) is 0 Å². The molecule has 0 saturated heterocycles. The Labute approximate surface area is 112 Å². The van der Waals surface area contributed by atoms with Gasteiger partial charge in [0.2, 0.25) is 11.8 Å². The summed E-state index contributed by atoms with van der Waals surface area (Å²) >= 11 is 0. The number of hydrogen-bond acceptors (Lipinski definition) is 4. The van der Waals surface area contributed by atoms with E-state index >= 15 is 0 Å². The van der Waals surface area contributed by atoms with Crippen molar-refractivity contribution in [2.24, 2.45) is 0 Å². The van der Waals surface area contributed by atoms with Crippen LogP contribution in [0, 0.1) is 5.95 Å². The summed E-state index contributed by atoms with van der Waals surface area (Å²) in [6, 6.07) is 1.80. The molecule has 0 amide bonds. The van der Waals surface area contributed by atoms with E-state index in [1.165, 1.54) is 0 Å². The van der Waals surface area contributed by atoms with Gasteiger partial charge in [-0.2, -0.15) is 22.5 Å². The van der Waals surface area contributed by atoms with E-state index in [0.717, 1.165) is 19.1 Å². The zero-order chi connectivity index (χ0) is 15.5. The summed E-state index contributed by atoms with van der Waals surface area (Å²) in [4.78, 5) is 14.8. The molecule has 112 valence electrons. The number of ether oxygens (including phenoxy) is 2. The molecule has 1 aromatic rings. The Morgan fingerprint density at radius 1 is 1.25 bits per heavy atom. The maximum absolute atomic E-state index is 13.0. The lowest BCUT2D eigenvalue weighted by molar-refractivity contribution is -0.190. The number of carbonyl (C=O) groups excluding carboxylic acids is 1. The van der Waals surface area contributed by atoms with Crippen molar-refractivity contribution < 1.29 is 31.8 Å². The summed E-state index contributed by atoms with van der Waals surface area (Å²) in [6.07, 6.45) is -7.38. The van der Waals surface area contributed by atoms with Crippen molar-refractivity contribution in [2.45, 2.75) is 39.2 Å². The molecule has 4 nitrogen and oxygen atoms in total. The Morgan fingerprint density at radius 3 is 2.35 bits per heavy atom. The third-order valence-corrected chi connectivity index (χ3v) is 2.14. The number of carbonyl (C=O) groups is 1. The Hall–Kier alpha value is -1.86. The van der Waals surface area contributed by atoms with Crippen molar-refractivity contribution in [3.8, 4) is 5.88 Å². The largest absolute Gasteiger partial charge is 0.464 e. The summed E-state index contributed by atoms with van der Waals surface area (Å²) in [5.41, 5.74) is -0.365. The molecule has 1 aromatic heterocycles. The molecular formula is C12H13F4NO3. The molecule has 8 heteroatoms. The molecular weight excluding hydrogens is 282 g/mol. The van der Waals surface area contributed by atoms with Crippen molar-refractivity contribution >= 4 is 5.97 Å². The Bertz CT molecular complexity index is 488. The molecule has 0 radical (unpaired) electrons. The monoisotopic (exact) mass is 295 g/mol. The number of alkyl halides is 3. The summed E-state index contributed by atoms with van der Waals surface area (Å²) < 4.78 is 59.6. The van der Waals surface area contributed by atoms with Crippen LogP contribution in [-0.2, 0) is 4.74 Å². The highest BCUT2D eigenvalue weighted by atomic mass is 19.4. The van der Waals surface area contributed by atoms with Crippen LogP contribution in [0.15, 0.2) is 12.1 Å². The molecule has 0 aliphatic heterocycles. The van der Waals surface area contributed by atoms with Crippen molar-refractivity contribution in [3.63, 3.8) is 0 Å². The first-order chi connectivity index (χ1) is 9.11. The molecule has 0 aliphatic rings. The Balaban J connectivity index is 3.05. The second kappa shape index (κ2) is 6.06. The van der Waals surface area contributed by atoms with Gasteiger partial charge in [0.15, 0.2) is 6.10 Å². The lowest BCUT2D eigenvalue weighted by atomic mass is 10.2. The van der Waals surface area contributed by atoms with Gasteiger partial charge in [-0.1, -0.05) is 0 Å². The molecule has 0 N–H and O–H groups in total. The average molecular weight is 295 g/mol. The lowest BCUT2D eigenvalue weighted by Gasteiger charge is -2.18. The SMILES string of the molecule is CC(C)OC(=O)c1ccc(F)nc1OC(C)C(F)(F)F. The van der Waals surface area contributed by atoms with E-state index in [9.17, 15) is 22.4 Å². The lowest BCUT2D eigenvalue weighted by Crippen LogP contribution is -2.32. The minimum atomic E-state index is -4.66. The highest BCUT2D eigenvalue weighted by molar-refractivity contribution is 5.91. The maximum Gasteiger partial charge on any atom is 0.425 e. The van der Waals surface area contributed by atoms with Crippen LogP contribution in [0.3, 0.4) is 0 Å². The van der Waals surface area contributed by atoms with Gasteiger partial charge in [0.05, 0.1) is 6.10 Å². The fourth-order valence-electron chi connectivity index (χ4n) is 1.17. The van der Waals surface area contributed by atoms with Gasteiger partial charge in [0.1, 0.15) is 5.56 Å². The van der Waals surface area contributed by atoms with Gasteiger partial charge in [0, 0.05) is 0 Å². The van der Waals surface area contributed by atoms with Crippen LogP contribution in [0.25, 0.3) is 0 Å². The first-order valence-corrected chi connectivity index (χ1v) is 5.72. The Kier molecular flexibility index (Phi) is 4.91. The molecule has 1 unspecified atom stereocenters. The van der Waals surface area contributed by atoms with Crippen LogP contribution < -0.4 is 4.74 Å². The molecule has 1 rings (SSSR count). The second-order valence-corrected chi connectivity index (χ2v) is 4.24. The van der Waals surface area contributed by atoms with E-state index in [0.29, 0.717) is 0 Å².